The minimum atomic E-state index is -0.264. The van der Waals surface area contributed by atoms with Crippen molar-refractivity contribution in [1.29, 1.82) is 0 Å². The molecule has 0 unspecified atom stereocenters. The van der Waals surface area contributed by atoms with Crippen LogP contribution in [0.2, 0.25) is 10.0 Å². The van der Waals surface area contributed by atoms with Crippen LogP contribution in [0, 0.1) is 0 Å². The Morgan fingerprint density at radius 1 is 1.33 bits per heavy atom. The topological polar surface area (TPSA) is 49.4 Å². The van der Waals surface area contributed by atoms with Crippen LogP contribution in [0.4, 0.5) is 0 Å². The minimum absolute atomic E-state index is 0.0572. The third-order valence-electron chi connectivity index (χ3n) is 2.73. The Labute approximate surface area is 115 Å². The molecule has 1 fully saturated rings. The largest absolute Gasteiger partial charge is 0.354 e. The summed E-state index contributed by atoms with van der Waals surface area (Å²) in [5, 5.41) is 3.28. The van der Waals surface area contributed by atoms with Gasteiger partial charge in [0, 0.05) is 13.1 Å². The van der Waals surface area contributed by atoms with Crippen molar-refractivity contribution in [1.82, 2.24) is 10.2 Å². The highest BCUT2D eigenvalue weighted by Gasteiger charge is 2.23. The van der Waals surface area contributed by atoms with E-state index in [0.717, 1.165) is 6.42 Å². The van der Waals surface area contributed by atoms with Crippen molar-refractivity contribution >= 4 is 35.0 Å². The number of halogens is 2. The first kappa shape index (κ1) is 13.2. The summed E-state index contributed by atoms with van der Waals surface area (Å²) in [6, 6.07) is 4.90. The molecular weight excluding hydrogens is 275 g/mol. The number of nitrogens with zero attached hydrogens (tertiary/aromatic N) is 1. The highest BCUT2D eigenvalue weighted by molar-refractivity contribution is 6.43. The van der Waals surface area contributed by atoms with Gasteiger partial charge in [-0.1, -0.05) is 29.3 Å². The van der Waals surface area contributed by atoms with Gasteiger partial charge in [-0.2, -0.15) is 0 Å². The standard InChI is InChI=1S/C12H12Cl2N2O2/c13-9-4-1-3-8(11(9)14)12(18)16-6-2-5-15-10(17)7-16/h1,3-4H,2,5-7H2,(H,15,17). The molecule has 4 nitrogen and oxygen atoms in total. The molecule has 0 atom stereocenters. The Morgan fingerprint density at radius 2 is 2.11 bits per heavy atom. The molecule has 96 valence electrons. The molecule has 0 spiro atoms. The van der Waals surface area contributed by atoms with E-state index >= 15 is 0 Å². The SMILES string of the molecule is O=C1CN(C(=O)c2cccc(Cl)c2Cl)CCCN1. The number of amides is 2. The van der Waals surface area contributed by atoms with E-state index < -0.39 is 0 Å². The van der Waals surface area contributed by atoms with Crippen molar-refractivity contribution in [2.75, 3.05) is 19.6 Å². The smallest absolute Gasteiger partial charge is 0.255 e. The molecule has 1 saturated heterocycles. The van der Waals surface area contributed by atoms with Gasteiger partial charge >= 0.3 is 0 Å². The molecule has 1 aromatic rings. The molecule has 0 bridgehead atoms. The Hall–Kier alpha value is -1.26. The van der Waals surface area contributed by atoms with Crippen LogP contribution in [0.3, 0.4) is 0 Å². The van der Waals surface area contributed by atoms with Crippen LogP contribution in [0.15, 0.2) is 18.2 Å². The van der Waals surface area contributed by atoms with Gasteiger partial charge in [0.1, 0.15) is 0 Å². The first-order valence-corrected chi connectivity index (χ1v) is 6.35. The predicted octanol–water partition coefficient (Wildman–Crippen LogP) is 1.96. The normalized spacial score (nSPS) is 16.1. The van der Waals surface area contributed by atoms with Crippen LogP contribution in [-0.4, -0.2) is 36.3 Å². The van der Waals surface area contributed by atoms with E-state index in [1.54, 1.807) is 18.2 Å². The van der Waals surface area contributed by atoms with Crippen molar-refractivity contribution in [2.24, 2.45) is 0 Å². The van der Waals surface area contributed by atoms with Crippen LogP contribution in [0.25, 0.3) is 0 Å². The summed E-state index contributed by atoms with van der Waals surface area (Å²) in [4.78, 5) is 25.2. The molecule has 2 amide bonds. The lowest BCUT2D eigenvalue weighted by molar-refractivity contribution is -0.121. The quantitative estimate of drug-likeness (QED) is 0.858. The maximum absolute atomic E-state index is 12.3. The molecule has 1 aromatic carbocycles. The summed E-state index contributed by atoms with van der Waals surface area (Å²) in [5.41, 5.74) is 0.332. The first-order chi connectivity index (χ1) is 8.59. The fourth-order valence-corrected chi connectivity index (χ4v) is 2.20. The van der Waals surface area contributed by atoms with Gasteiger partial charge in [-0.15, -0.1) is 0 Å². The molecule has 0 radical (unpaired) electrons. The minimum Gasteiger partial charge on any atom is -0.354 e. The second-order valence-electron chi connectivity index (χ2n) is 4.03. The van der Waals surface area contributed by atoms with Crippen LogP contribution < -0.4 is 5.32 Å². The second kappa shape index (κ2) is 5.59. The fourth-order valence-electron chi connectivity index (χ4n) is 1.82. The van der Waals surface area contributed by atoms with E-state index in [1.165, 1.54) is 4.90 Å². The Bertz CT molecular complexity index is 491. The molecular formula is C12H12Cl2N2O2. The van der Waals surface area contributed by atoms with E-state index in [9.17, 15) is 9.59 Å². The van der Waals surface area contributed by atoms with Gasteiger partial charge in [0.15, 0.2) is 0 Å². The molecule has 1 N–H and O–H groups in total. The zero-order valence-electron chi connectivity index (χ0n) is 9.58. The van der Waals surface area contributed by atoms with E-state index in [-0.39, 0.29) is 23.4 Å². The summed E-state index contributed by atoms with van der Waals surface area (Å²) < 4.78 is 0. The van der Waals surface area contributed by atoms with E-state index in [1.807, 2.05) is 0 Å². The predicted molar refractivity (Wildman–Crippen MR) is 70.0 cm³/mol. The lowest BCUT2D eigenvalue weighted by Gasteiger charge is -2.19. The summed E-state index contributed by atoms with van der Waals surface area (Å²) in [6.07, 6.45) is 0.732. The maximum atomic E-state index is 12.3. The highest BCUT2D eigenvalue weighted by Crippen LogP contribution is 2.26. The average Bonchev–Trinajstić information content (AvgIpc) is 2.56. The van der Waals surface area contributed by atoms with Gasteiger partial charge in [-0.25, -0.2) is 0 Å². The zero-order chi connectivity index (χ0) is 13.1. The molecule has 0 aliphatic carbocycles. The van der Waals surface area contributed by atoms with Crippen molar-refractivity contribution in [3.05, 3.63) is 33.8 Å². The van der Waals surface area contributed by atoms with Crippen LogP contribution in [0.5, 0.6) is 0 Å². The number of carbonyl (C=O) groups excluding carboxylic acids is 2. The van der Waals surface area contributed by atoms with Crippen LogP contribution in [-0.2, 0) is 4.79 Å². The zero-order valence-corrected chi connectivity index (χ0v) is 11.1. The van der Waals surface area contributed by atoms with Crippen molar-refractivity contribution in [3.63, 3.8) is 0 Å². The van der Waals surface area contributed by atoms with Gasteiger partial charge in [0.05, 0.1) is 22.2 Å². The van der Waals surface area contributed by atoms with Gasteiger partial charge in [-0.3, -0.25) is 9.59 Å². The molecule has 1 aliphatic heterocycles. The average molecular weight is 287 g/mol. The van der Waals surface area contributed by atoms with Gasteiger partial charge in [0.25, 0.3) is 5.91 Å². The van der Waals surface area contributed by atoms with E-state index in [4.69, 9.17) is 23.2 Å². The maximum Gasteiger partial charge on any atom is 0.255 e. The number of benzene rings is 1. The summed E-state index contributed by atoms with van der Waals surface area (Å²) in [6.45, 7) is 1.17. The Balaban J connectivity index is 2.24. The summed E-state index contributed by atoms with van der Waals surface area (Å²) in [5.74, 6) is -0.418. The molecule has 1 aliphatic rings. The lowest BCUT2D eigenvalue weighted by atomic mass is 10.2. The van der Waals surface area contributed by atoms with Gasteiger partial charge in [0.2, 0.25) is 5.91 Å². The van der Waals surface area contributed by atoms with Crippen molar-refractivity contribution in [3.8, 4) is 0 Å². The molecule has 0 saturated carbocycles. The van der Waals surface area contributed by atoms with Gasteiger partial charge in [-0.05, 0) is 18.6 Å². The van der Waals surface area contributed by atoms with E-state index in [2.05, 4.69) is 5.32 Å². The Morgan fingerprint density at radius 3 is 2.89 bits per heavy atom. The number of rotatable bonds is 1. The van der Waals surface area contributed by atoms with Crippen molar-refractivity contribution < 1.29 is 9.59 Å². The number of carbonyl (C=O) groups is 2. The molecule has 1 heterocycles. The third-order valence-corrected chi connectivity index (χ3v) is 3.55. The molecule has 18 heavy (non-hydrogen) atoms. The molecule has 6 heteroatoms. The van der Waals surface area contributed by atoms with Crippen molar-refractivity contribution in [2.45, 2.75) is 6.42 Å². The number of nitrogens with one attached hydrogen (secondary N) is 1. The first-order valence-electron chi connectivity index (χ1n) is 5.59. The molecule has 2 rings (SSSR count). The second-order valence-corrected chi connectivity index (χ2v) is 4.82. The Kier molecular flexibility index (Phi) is 4.09. The van der Waals surface area contributed by atoms with E-state index in [0.29, 0.717) is 23.7 Å². The summed E-state index contributed by atoms with van der Waals surface area (Å²) in [7, 11) is 0. The van der Waals surface area contributed by atoms with Crippen LogP contribution >= 0.6 is 23.2 Å². The van der Waals surface area contributed by atoms with Crippen LogP contribution in [0.1, 0.15) is 16.8 Å². The number of hydrogen-bond donors (Lipinski definition) is 1. The number of hydrogen-bond acceptors (Lipinski definition) is 2. The third kappa shape index (κ3) is 2.76. The molecule has 0 aromatic heterocycles. The van der Waals surface area contributed by atoms with Gasteiger partial charge < -0.3 is 10.2 Å². The monoisotopic (exact) mass is 286 g/mol. The fraction of sp³-hybridized carbons (Fsp3) is 0.333. The highest BCUT2D eigenvalue weighted by atomic mass is 35.5. The summed E-state index contributed by atoms with van der Waals surface area (Å²) >= 11 is 11.9. The lowest BCUT2D eigenvalue weighted by Crippen LogP contribution is -2.37.